The third-order valence-electron chi connectivity index (χ3n) is 6.29. The minimum absolute atomic E-state index is 0.130. The number of rotatable bonds is 6. The van der Waals surface area contributed by atoms with Crippen LogP contribution in [0, 0.1) is 12.3 Å². The van der Waals surface area contributed by atoms with Gasteiger partial charge in [0.2, 0.25) is 5.91 Å². The van der Waals surface area contributed by atoms with Crippen LogP contribution in [0.2, 0.25) is 0 Å². The number of fused-ring (bicyclic) bond motifs is 3. The second-order valence-corrected chi connectivity index (χ2v) is 9.24. The van der Waals surface area contributed by atoms with Crippen molar-refractivity contribution in [3.05, 3.63) is 58.9 Å². The van der Waals surface area contributed by atoms with Gasteiger partial charge in [0.05, 0.1) is 23.3 Å². The number of likely N-dealkylation sites (tertiary alicyclic amines) is 1. The number of pyridine rings is 1. The van der Waals surface area contributed by atoms with E-state index in [4.69, 9.17) is 9.52 Å². The minimum Gasteiger partial charge on any atom is -0.455 e. The molecule has 0 aromatic carbocycles. The maximum atomic E-state index is 12.8. The van der Waals surface area contributed by atoms with Crippen molar-refractivity contribution in [1.82, 2.24) is 25.0 Å². The molecule has 0 saturated carbocycles. The molecule has 0 bridgehead atoms. The third kappa shape index (κ3) is 3.49. The summed E-state index contributed by atoms with van der Waals surface area (Å²) >= 11 is 0. The van der Waals surface area contributed by atoms with Crippen LogP contribution < -0.4 is 5.32 Å². The number of carbonyl (C=O) groups excluding carboxylic acids is 2. The SMILES string of the molecule is Cc1c(C(=O)NCCN2CC(C)(C)C2=O)oc2c1-c1nn(Cc3ccccn3)cc1CC2. The van der Waals surface area contributed by atoms with Gasteiger partial charge in [0.15, 0.2) is 5.76 Å². The fraction of sp³-hybridized carbons (Fsp3) is 0.417. The summed E-state index contributed by atoms with van der Waals surface area (Å²) in [7, 11) is 0. The quantitative estimate of drug-likeness (QED) is 0.603. The van der Waals surface area contributed by atoms with Crippen molar-refractivity contribution in [2.45, 2.75) is 40.2 Å². The van der Waals surface area contributed by atoms with Gasteiger partial charge in [-0.3, -0.25) is 19.3 Å². The van der Waals surface area contributed by atoms with Crippen molar-refractivity contribution in [3.8, 4) is 11.3 Å². The minimum atomic E-state index is -0.279. The van der Waals surface area contributed by atoms with Crippen LogP contribution in [0.15, 0.2) is 35.0 Å². The Labute approximate surface area is 186 Å². The van der Waals surface area contributed by atoms with E-state index in [2.05, 4.69) is 16.5 Å². The smallest absolute Gasteiger partial charge is 0.287 e. The summed E-state index contributed by atoms with van der Waals surface area (Å²) in [4.78, 5) is 31.0. The normalized spacial score (nSPS) is 16.3. The zero-order chi connectivity index (χ0) is 22.5. The molecule has 0 radical (unpaired) electrons. The van der Waals surface area contributed by atoms with Crippen LogP contribution in [0.5, 0.6) is 0 Å². The summed E-state index contributed by atoms with van der Waals surface area (Å²) in [5.41, 5.74) is 4.44. The monoisotopic (exact) mass is 433 g/mol. The van der Waals surface area contributed by atoms with Crippen LogP contribution in [0.4, 0.5) is 0 Å². The molecular formula is C24H27N5O3. The van der Waals surface area contributed by atoms with E-state index >= 15 is 0 Å². The van der Waals surface area contributed by atoms with Gasteiger partial charge in [-0.15, -0.1) is 0 Å². The number of nitrogens with one attached hydrogen (secondary N) is 1. The van der Waals surface area contributed by atoms with Crippen LogP contribution >= 0.6 is 0 Å². The van der Waals surface area contributed by atoms with Crippen molar-refractivity contribution in [3.63, 3.8) is 0 Å². The molecule has 1 saturated heterocycles. The second-order valence-electron chi connectivity index (χ2n) is 9.24. The Morgan fingerprint density at radius 2 is 2.12 bits per heavy atom. The molecule has 0 atom stereocenters. The van der Waals surface area contributed by atoms with Gasteiger partial charge in [0.25, 0.3) is 5.91 Å². The molecular weight excluding hydrogens is 406 g/mol. The van der Waals surface area contributed by atoms with Gasteiger partial charge in [-0.25, -0.2) is 0 Å². The lowest BCUT2D eigenvalue weighted by Crippen LogP contribution is -2.59. The maximum absolute atomic E-state index is 12.8. The Morgan fingerprint density at radius 1 is 1.28 bits per heavy atom. The number of aromatic nitrogens is 3. The Balaban J connectivity index is 1.30. The second kappa shape index (κ2) is 7.62. The maximum Gasteiger partial charge on any atom is 0.287 e. The van der Waals surface area contributed by atoms with E-state index in [0.717, 1.165) is 53.2 Å². The lowest BCUT2D eigenvalue weighted by atomic mass is 9.83. The fourth-order valence-corrected chi connectivity index (χ4v) is 4.64. The van der Waals surface area contributed by atoms with Crippen molar-refractivity contribution in [2.24, 2.45) is 5.41 Å². The number of nitrogens with zero attached hydrogens (tertiary/aromatic N) is 4. The number of carbonyl (C=O) groups is 2. The highest BCUT2D eigenvalue weighted by Crippen LogP contribution is 2.38. The van der Waals surface area contributed by atoms with Crippen LogP contribution in [0.25, 0.3) is 11.3 Å². The van der Waals surface area contributed by atoms with E-state index in [9.17, 15) is 9.59 Å². The standard InChI is InChI=1S/C24H27N5O3/c1-15-19-18(32-21(15)22(30)26-10-11-28-14-24(2,3)23(28)31)8-7-16-12-29(27-20(16)19)13-17-6-4-5-9-25-17/h4-6,9,12H,7-8,10-11,13-14H2,1-3H3,(H,26,30). The van der Waals surface area contributed by atoms with Gasteiger partial charge >= 0.3 is 0 Å². The first-order valence-corrected chi connectivity index (χ1v) is 11.0. The summed E-state index contributed by atoms with van der Waals surface area (Å²) in [5, 5.41) is 7.68. The molecule has 3 aromatic heterocycles. The molecule has 4 heterocycles. The molecule has 1 aliphatic heterocycles. The highest BCUT2D eigenvalue weighted by atomic mass is 16.4. The van der Waals surface area contributed by atoms with Gasteiger partial charge < -0.3 is 14.6 Å². The number of furan rings is 1. The lowest BCUT2D eigenvalue weighted by Gasteiger charge is -2.44. The molecule has 1 N–H and O–H groups in total. The summed E-state index contributed by atoms with van der Waals surface area (Å²) in [5.74, 6) is 1.02. The molecule has 8 nitrogen and oxygen atoms in total. The molecule has 32 heavy (non-hydrogen) atoms. The van der Waals surface area contributed by atoms with Gasteiger partial charge in [-0.2, -0.15) is 5.10 Å². The summed E-state index contributed by atoms with van der Waals surface area (Å²) < 4.78 is 7.88. The van der Waals surface area contributed by atoms with Crippen LogP contribution in [0.1, 0.15) is 47.0 Å². The van der Waals surface area contributed by atoms with Crippen molar-refractivity contribution < 1.29 is 14.0 Å². The molecule has 3 aromatic rings. The van der Waals surface area contributed by atoms with Gasteiger partial charge in [0.1, 0.15) is 5.76 Å². The molecule has 0 spiro atoms. The van der Waals surface area contributed by atoms with Crippen LogP contribution in [0.3, 0.4) is 0 Å². The first kappa shape index (κ1) is 20.5. The number of amides is 2. The predicted octanol–water partition coefficient (Wildman–Crippen LogP) is 2.59. The molecule has 0 unspecified atom stereocenters. The average Bonchev–Trinajstić information content (AvgIpc) is 3.33. The van der Waals surface area contributed by atoms with Crippen molar-refractivity contribution in [2.75, 3.05) is 19.6 Å². The first-order valence-electron chi connectivity index (χ1n) is 11.0. The van der Waals surface area contributed by atoms with E-state index in [1.807, 2.05) is 43.7 Å². The van der Waals surface area contributed by atoms with Gasteiger partial charge in [0, 0.05) is 49.6 Å². The topological polar surface area (TPSA) is 93.3 Å². The van der Waals surface area contributed by atoms with Crippen molar-refractivity contribution >= 4 is 11.8 Å². The summed E-state index contributed by atoms with van der Waals surface area (Å²) in [6, 6.07) is 5.84. The number of β-lactam (4-membered cyclic amide) rings is 1. The van der Waals surface area contributed by atoms with Crippen molar-refractivity contribution in [1.29, 1.82) is 0 Å². The number of hydrogen-bond acceptors (Lipinski definition) is 5. The zero-order valence-corrected chi connectivity index (χ0v) is 18.6. The average molecular weight is 434 g/mol. The predicted molar refractivity (Wildman–Crippen MR) is 118 cm³/mol. The highest BCUT2D eigenvalue weighted by molar-refractivity contribution is 5.95. The Kier molecular flexibility index (Phi) is 4.87. The fourth-order valence-electron chi connectivity index (χ4n) is 4.64. The molecule has 8 heteroatoms. The Hall–Kier alpha value is -3.42. The zero-order valence-electron chi connectivity index (χ0n) is 18.6. The van der Waals surface area contributed by atoms with E-state index in [1.165, 1.54) is 0 Å². The molecule has 166 valence electrons. The molecule has 2 aliphatic rings. The van der Waals surface area contributed by atoms with E-state index in [-0.39, 0.29) is 17.2 Å². The number of aryl methyl sites for hydroxylation is 2. The van der Waals surface area contributed by atoms with E-state index in [0.29, 0.717) is 25.4 Å². The third-order valence-corrected chi connectivity index (χ3v) is 6.29. The molecule has 5 rings (SSSR count). The van der Waals surface area contributed by atoms with E-state index < -0.39 is 0 Å². The Morgan fingerprint density at radius 3 is 2.84 bits per heavy atom. The highest BCUT2D eigenvalue weighted by Gasteiger charge is 2.43. The number of hydrogen-bond donors (Lipinski definition) is 1. The molecule has 1 aliphatic carbocycles. The van der Waals surface area contributed by atoms with Crippen LogP contribution in [-0.2, 0) is 24.2 Å². The van der Waals surface area contributed by atoms with E-state index in [1.54, 1.807) is 11.1 Å². The largest absolute Gasteiger partial charge is 0.455 e. The molecule has 2 amide bonds. The summed E-state index contributed by atoms with van der Waals surface area (Å²) in [6.07, 6.45) is 5.40. The molecule has 1 fully saturated rings. The Bertz CT molecular complexity index is 1190. The summed E-state index contributed by atoms with van der Waals surface area (Å²) in [6.45, 7) is 8.01. The lowest BCUT2D eigenvalue weighted by molar-refractivity contribution is -0.156. The van der Waals surface area contributed by atoms with Gasteiger partial charge in [-0.1, -0.05) is 6.07 Å². The van der Waals surface area contributed by atoms with Crippen LogP contribution in [-0.4, -0.2) is 51.1 Å². The van der Waals surface area contributed by atoms with Gasteiger partial charge in [-0.05, 0) is 44.9 Å². The first-order chi connectivity index (χ1) is 15.3.